The fraction of sp³-hybridized carbons (Fsp3) is 0.818. The molecule has 0 aromatic carbocycles. The SMILES string of the molecule is CC(C)C(CC(=O)O)NC(=O)CCOCC(F)F. The van der Waals surface area contributed by atoms with Gasteiger partial charge in [0.25, 0.3) is 6.43 Å². The van der Waals surface area contributed by atoms with Gasteiger partial charge < -0.3 is 15.2 Å². The summed E-state index contributed by atoms with van der Waals surface area (Å²) in [5.74, 6) is -1.42. The molecule has 1 amide bonds. The van der Waals surface area contributed by atoms with Crippen molar-refractivity contribution in [3.8, 4) is 0 Å². The van der Waals surface area contributed by atoms with Crippen LogP contribution < -0.4 is 5.32 Å². The molecule has 0 bridgehead atoms. The van der Waals surface area contributed by atoms with Crippen molar-refractivity contribution in [3.63, 3.8) is 0 Å². The van der Waals surface area contributed by atoms with E-state index in [2.05, 4.69) is 10.1 Å². The predicted octanol–water partition coefficient (Wildman–Crippen LogP) is 1.27. The van der Waals surface area contributed by atoms with Crippen LogP contribution in [0.1, 0.15) is 26.7 Å². The first-order valence-electron chi connectivity index (χ1n) is 5.70. The van der Waals surface area contributed by atoms with Gasteiger partial charge in [-0.1, -0.05) is 13.8 Å². The fourth-order valence-corrected chi connectivity index (χ4v) is 1.26. The zero-order valence-corrected chi connectivity index (χ0v) is 10.5. The second-order valence-corrected chi connectivity index (χ2v) is 4.23. The lowest BCUT2D eigenvalue weighted by Gasteiger charge is -2.20. The largest absolute Gasteiger partial charge is 0.481 e. The maximum absolute atomic E-state index is 11.7. The number of hydrogen-bond donors (Lipinski definition) is 2. The van der Waals surface area contributed by atoms with Crippen LogP contribution in [0.25, 0.3) is 0 Å². The summed E-state index contributed by atoms with van der Waals surface area (Å²) in [5, 5.41) is 11.2. The van der Waals surface area contributed by atoms with Crippen molar-refractivity contribution in [2.45, 2.75) is 39.2 Å². The van der Waals surface area contributed by atoms with Crippen LogP contribution in [0.4, 0.5) is 8.78 Å². The Labute approximate surface area is 105 Å². The fourth-order valence-electron chi connectivity index (χ4n) is 1.26. The summed E-state index contributed by atoms with van der Waals surface area (Å²) in [6.07, 6.45) is -2.78. The van der Waals surface area contributed by atoms with Crippen molar-refractivity contribution in [2.75, 3.05) is 13.2 Å². The monoisotopic (exact) mass is 267 g/mol. The molecule has 106 valence electrons. The van der Waals surface area contributed by atoms with Crippen molar-refractivity contribution >= 4 is 11.9 Å². The molecule has 18 heavy (non-hydrogen) atoms. The molecule has 0 aliphatic heterocycles. The van der Waals surface area contributed by atoms with Crippen LogP contribution in [0, 0.1) is 5.92 Å². The molecule has 0 rings (SSSR count). The molecule has 0 radical (unpaired) electrons. The number of alkyl halides is 2. The average Bonchev–Trinajstić information content (AvgIpc) is 2.22. The average molecular weight is 267 g/mol. The summed E-state index contributed by atoms with van der Waals surface area (Å²) in [7, 11) is 0. The minimum absolute atomic E-state index is 0.0213. The molecule has 0 aromatic heterocycles. The molecule has 0 aliphatic rings. The van der Waals surface area contributed by atoms with Crippen LogP contribution in [0.5, 0.6) is 0 Å². The van der Waals surface area contributed by atoms with Gasteiger partial charge in [0.15, 0.2) is 0 Å². The van der Waals surface area contributed by atoms with Gasteiger partial charge in [0.1, 0.15) is 6.61 Å². The highest BCUT2D eigenvalue weighted by atomic mass is 19.3. The second kappa shape index (κ2) is 8.79. The third-order valence-corrected chi connectivity index (χ3v) is 2.26. The van der Waals surface area contributed by atoms with E-state index >= 15 is 0 Å². The third kappa shape index (κ3) is 8.86. The van der Waals surface area contributed by atoms with Crippen LogP contribution >= 0.6 is 0 Å². The smallest absolute Gasteiger partial charge is 0.305 e. The molecule has 5 nitrogen and oxygen atoms in total. The number of halogens is 2. The maximum Gasteiger partial charge on any atom is 0.305 e. The highest BCUT2D eigenvalue weighted by molar-refractivity contribution is 5.77. The lowest BCUT2D eigenvalue weighted by atomic mass is 10.0. The van der Waals surface area contributed by atoms with E-state index in [0.29, 0.717) is 0 Å². The quantitative estimate of drug-likeness (QED) is 0.617. The Balaban J connectivity index is 3.91. The van der Waals surface area contributed by atoms with Gasteiger partial charge in [-0.3, -0.25) is 9.59 Å². The summed E-state index contributed by atoms with van der Waals surface area (Å²) in [6, 6.07) is -0.468. The standard InChI is InChI=1S/C11H19F2NO4/c1-7(2)8(5-11(16)17)14-10(15)3-4-18-6-9(12)13/h7-9H,3-6H2,1-2H3,(H,14,15)(H,16,17). The van der Waals surface area contributed by atoms with Crippen LogP contribution in [-0.2, 0) is 14.3 Å². The summed E-state index contributed by atoms with van der Waals surface area (Å²) >= 11 is 0. The van der Waals surface area contributed by atoms with Gasteiger partial charge in [0, 0.05) is 12.5 Å². The van der Waals surface area contributed by atoms with Crippen molar-refractivity contribution in [2.24, 2.45) is 5.92 Å². The van der Waals surface area contributed by atoms with Crippen LogP contribution in [-0.4, -0.2) is 42.7 Å². The van der Waals surface area contributed by atoms with Gasteiger partial charge in [0.05, 0.1) is 13.0 Å². The zero-order chi connectivity index (χ0) is 14.1. The molecule has 1 unspecified atom stereocenters. The summed E-state index contributed by atoms with van der Waals surface area (Å²) < 4.78 is 28.0. The number of aliphatic carboxylic acids is 1. The predicted molar refractivity (Wildman–Crippen MR) is 60.5 cm³/mol. The van der Waals surface area contributed by atoms with E-state index in [1.165, 1.54) is 0 Å². The lowest BCUT2D eigenvalue weighted by Crippen LogP contribution is -2.40. The number of rotatable bonds is 9. The Hall–Kier alpha value is -1.24. The normalized spacial score (nSPS) is 12.8. The van der Waals surface area contributed by atoms with Gasteiger partial charge in [-0.2, -0.15) is 0 Å². The molecule has 1 atom stereocenters. The molecule has 2 N–H and O–H groups in total. The Bertz CT molecular complexity index is 272. The Morgan fingerprint density at radius 2 is 1.94 bits per heavy atom. The number of hydrogen-bond acceptors (Lipinski definition) is 3. The number of nitrogens with one attached hydrogen (secondary N) is 1. The highest BCUT2D eigenvalue weighted by Crippen LogP contribution is 2.06. The molecule has 0 saturated carbocycles. The highest BCUT2D eigenvalue weighted by Gasteiger charge is 2.19. The van der Waals surface area contributed by atoms with Crippen molar-refractivity contribution < 1.29 is 28.2 Å². The summed E-state index contributed by atoms with van der Waals surface area (Å²) in [5.41, 5.74) is 0. The zero-order valence-electron chi connectivity index (χ0n) is 10.5. The second-order valence-electron chi connectivity index (χ2n) is 4.23. The third-order valence-electron chi connectivity index (χ3n) is 2.26. The molecule has 0 aromatic rings. The number of ether oxygens (including phenoxy) is 1. The molecule has 0 spiro atoms. The van der Waals surface area contributed by atoms with E-state index in [9.17, 15) is 18.4 Å². The number of amides is 1. The first kappa shape index (κ1) is 16.8. The van der Waals surface area contributed by atoms with Crippen LogP contribution in [0.2, 0.25) is 0 Å². The molecular weight excluding hydrogens is 248 g/mol. The molecule has 0 saturated heterocycles. The molecule has 0 heterocycles. The van der Waals surface area contributed by atoms with Gasteiger partial charge in [-0.25, -0.2) is 8.78 Å². The lowest BCUT2D eigenvalue weighted by molar-refractivity contribution is -0.138. The number of carboxylic acid groups (broad SMARTS) is 1. The van der Waals surface area contributed by atoms with E-state index in [0.717, 1.165) is 0 Å². The van der Waals surface area contributed by atoms with Crippen LogP contribution in [0.3, 0.4) is 0 Å². The van der Waals surface area contributed by atoms with Crippen molar-refractivity contribution in [1.29, 1.82) is 0 Å². The molecular formula is C11H19F2NO4. The van der Waals surface area contributed by atoms with Gasteiger partial charge in [0.2, 0.25) is 5.91 Å². The Kier molecular flexibility index (Phi) is 8.19. The number of carbonyl (C=O) groups excluding carboxylic acids is 1. The minimum atomic E-state index is -2.55. The molecule has 0 aliphatic carbocycles. The summed E-state index contributed by atoms with van der Waals surface area (Å²) in [6.45, 7) is 2.78. The minimum Gasteiger partial charge on any atom is -0.481 e. The summed E-state index contributed by atoms with van der Waals surface area (Å²) in [4.78, 5) is 22.0. The molecule has 7 heteroatoms. The van der Waals surface area contributed by atoms with Crippen molar-refractivity contribution in [3.05, 3.63) is 0 Å². The first-order valence-corrected chi connectivity index (χ1v) is 5.70. The maximum atomic E-state index is 11.7. The first-order chi connectivity index (χ1) is 8.32. The Morgan fingerprint density at radius 3 is 2.39 bits per heavy atom. The van der Waals surface area contributed by atoms with E-state index in [4.69, 9.17) is 5.11 Å². The van der Waals surface area contributed by atoms with Crippen molar-refractivity contribution in [1.82, 2.24) is 5.32 Å². The van der Waals surface area contributed by atoms with E-state index in [1.54, 1.807) is 13.8 Å². The Morgan fingerprint density at radius 1 is 1.33 bits per heavy atom. The number of carbonyl (C=O) groups is 2. The number of carboxylic acids is 1. The van der Waals surface area contributed by atoms with E-state index in [1.807, 2.05) is 0 Å². The van der Waals surface area contributed by atoms with Gasteiger partial charge in [-0.15, -0.1) is 0 Å². The van der Waals surface area contributed by atoms with E-state index < -0.39 is 31.0 Å². The van der Waals surface area contributed by atoms with Gasteiger partial charge >= 0.3 is 5.97 Å². The molecule has 0 fully saturated rings. The van der Waals surface area contributed by atoms with Gasteiger partial charge in [-0.05, 0) is 5.92 Å². The van der Waals surface area contributed by atoms with E-state index in [-0.39, 0.29) is 25.4 Å². The van der Waals surface area contributed by atoms with Crippen LogP contribution in [0.15, 0.2) is 0 Å². The topological polar surface area (TPSA) is 75.6 Å².